The Morgan fingerprint density at radius 3 is 2.68 bits per heavy atom. The lowest BCUT2D eigenvalue weighted by molar-refractivity contribution is 0.247. The summed E-state index contributed by atoms with van der Waals surface area (Å²) < 4.78 is 3.44. The summed E-state index contributed by atoms with van der Waals surface area (Å²) in [4.78, 5) is 21.1. The fraction of sp³-hybridized carbons (Fsp3) is 0.389. The van der Waals surface area contributed by atoms with Crippen LogP contribution in [0, 0.1) is 6.92 Å². The molecule has 0 saturated carbocycles. The molecule has 0 bridgehead atoms. The van der Waals surface area contributed by atoms with Crippen LogP contribution in [0.3, 0.4) is 0 Å². The second kappa shape index (κ2) is 6.33. The summed E-state index contributed by atoms with van der Waals surface area (Å²) in [6, 6.07) is 5.80. The number of pyridine rings is 1. The quantitative estimate of drug-likeness (QED) is 0.715. The van der Waals surface area contributed by atoms with Gasteiger partial charge in [-0.1, -0.05) is 6.07 Å². The Balaban J connectivity index is 1.41. The molecular formula is C18H22N6O. The van der Waals surface area contributed by atoms with Crippen molar-refractivity contribution in [1.29, 1.82) is 0 Å². The average Bonchev–Trinajstić information content (AvgIpc) is 2.99. The van der Waals surface area contributed by atoms with Crippen molar-refractivity contribution in [1.82, 2.24) is 24.1 Å². The summed E-state index contributed by atoms with van der Waals surface area (Å²) in [7, 11) is 1.67. The van der Waals surface area contributed by atoms with Crippen LogP contribution in [0.15, 0.2) is 41.6 Å². The molecule has 1 aliphatic rings. The Hall–Kier alpha value is -2.67. The van der Waals surface area contributed by atoms with Crippen LogP contribution in [-0.2, 0) is 13.6 Å². The van der Waals surface area contributed by atoms with Gasteiger partial charge in [-0.3, -0.25) is 9.69 Å². The van der Waals surface area contributed by atoms with E-state index in [-0.39, 0.29) is 5.56 Å². The Morgan fingerprint density at radius 2 is 1.92 bits per heavy atom. The predicted octanol–water partition coefficient (Wildman–Crippen LogP) is 1.06. The van der Waals surface area contributed by atoms with Crippen LogP contribution in [0.25, 0.3) is 5.65 Å². The van der Waals surface area contributed by atoms with Crippen LogP contribution in [0.1, 0.15) is 11.3 Å². The first-order valence-electron chi connectivity index (χ1n) is 8.53. The van der Waals surface area contributed by atoms with Crippen LogP contribution >= 0.6 is 0 Å². The molecule has 130 valence electrons. The molecule has 0 atom stereocenters. The fourth-order valence-corrected chi connectivity index (χ4v) is 3.26. The number of hydrogen-bond donors (Lipinski definition) is 0. The molecule has 3 aromatic rings. The Labute approximate surface area is 146 Å². The van der Waals surface area contributed by atoms with Crippen molar-refractivity contribution >= 4 is 11.3 Å². The van der Waals surface area contributed by atoms with Gasteiger partial charge in [0, 0.05) is 58.2 Å². The van der Waals surface area contributed by atoms with E-state index in [0.717, 1.165) is 49.8 Å². The van der Waals surface area contributed by atoms with Crippen LogP contribution in [-0.4, -0.2) is 50.2 Å². The molecule has 25 heavy (non-hydrogen) atoms. The molecule has 3 aromatic heterocycles. The van der Waals surface area contributed by atoms with Crippen molar-refractivity contribution in [2.75, 3.05) is 31.1 Å². The molecule has 7 nitrogen and oxygen atoms in total. The molecule has 1 fully saturated rings. The molecule has 0 aromatic carbocycles. The summed E-state index contributed by atoms with van der Waals surface area (Å²) in [6.45, 7) is 6.61. The second-order valence-electron chi connectivity index (χ2n) is 6.64. The average molecular weight is 338 g/mol. The number of hydrogen-bond acceptors (Lipinski definition) is 5. The first kappa shape index (κ1) is 15.8. The molecule has 0 unspecified atom stereocenters. The van der Waals surface area contributed by atoms with E-state index in [9.17, 15) is 4.79 Å². The molecular weight excluding hydrogens is 316 g/mol. The standard InChI is InChI=1S/C18H22N6O/c1-14-3-4-17-20-15(13-24(17)11-14)12-22-5-7-23(8-6-22)16-9-18(25)21(2)19-10-16/h3-4,9-11,13H,5-8,12H2,1-2H3. The molecule has 4 rings (SSSR count). The van der Waals surface area contributed by atoms with E-state index in [1.807, 2.05) is 0 Å². The maximum absolute atomic E-state index is 11.7. The van der Waals surface area contributed by atoms with E-state index >= 15 is 0 Å². The number of rotatable bonds is 3. The highest BCUT2D eigenvalue weighted by atomic mass is 16.1. The fourth-order valence-electron chi connectivity index (χ4n) is 3.26. The van der Waals surface area contributed by atoms with E-state index in [1.54, 1.807) is 19.3 Å². The Morgan fingerprint density at radius 1 is 1.12 bits per heavy atom. The minimum absolute atomic E-state index is 0.0695. The summed E-state index contributed by atoms with van der Waals surface area (Å²) in [5.41, 5.74) is 4.15. The van der Waals surface area contributed by atoms with Crippen LogP contribution < -0.4 is 10.5 Å². The van der Waals surface area contributed by atoms with Gasteiger partial charge in [0.05, 0.1) is 17.6 Å². The predicted molar refractivity (Wildman–Crippen MR) is 96.9 cm³/mol. The molecule has 0 amide bonds. The van der Waals surface area contributed by atoms with Crippen molar-refractivity contribution in [2.24, 2.45) is 7.05 Å². The largest absolute Gasteiger partial charge is 0.368 e. The third-order valence-electron chi connectivity index (χ3n) is 4.73. The topological polar surface area (TPSA) is 58.7 Å². The monoisotopic (exact) mass is 338 g/mol. The highest BCUT2D eigenvalue weighted by Gasteiger charge is 2.19. The second-order valence-corrected chi connectivity index (χ2v) is 6.64. The smallest absolute Gasteiger partial charge is 0.268 e. The van der Waals surface area contributed by atoms with Gasteiger partial charge in [0.2, 0.25) is 0 Å². The van der Waals surface area contributed by atoms with Crippen molar-refractivity contribution in [3.8, 4) is 0 Å². The van der Waals surface area contributed by atoms with Gasteiger partial charge in [0.15, 0.2) is 0 Å². The summed E-state index contributed by atoms with van der Waals surface area (Å²) in [5.74, 6) is 0. The Kier molecular flexibility index (Phi) is 4.01. The maximum Gasteiger partial charge on any atom is 0.268 e. The highest BCUT2D eigenvalue weighted by Crippen LogP contribution is 2.15. The lowest BCUT2D eigenvalue weighted by Gasteiger charge is -2.35. The first-order valence-corrected chi connectivity index (χ1v) is 8.53. The van der Waals surface area contributed by atoms with Crippen molar-refractivity contribution in [3.05, 3.63) is 58.4 Å². The number of anilines is 1. The van der Waals surface area contributed by atoms with Gasteiger partial charge >= 0.3 is 0 Å². The number of piperazine rings is 1. The van der Waals surface area contributed by atoms with E-state index in [4.69, 9.17) is 4.98 Å². The van der Waals surface area contributed by atoms with E-state index in [0.29, 0.717) is 0 Å². The Bertz CT molecular complexity index is 952. The zero-order valence-corrected chi connectivity index (χ0v) is 14.6. The van der Waals surface area contributed by atoms with E-state index in [2.05, 4.69) is 50.7 Å². The van der Waals surface area contributed by atoms with Crippen molar-refractivity contribution in [3.63, 3.8) is 0 Å². The normalized spacial score (nSPS) is 15.8. The van der Waals surface area contributed by atoms with Gasteiger partial charge in [-0.15, -0.1) is 0 Å². The van der Waals surface area contributed by atoms with Crippen LogP contribution in [0.5, 0.6) is 0 Å². The lowest BCUT2D eigenvalue weighted by Crippen LogP contribution is -2.46. The maximum atomic E-state index is 11.7. The van der Waals surface area contributed by atoms with Crippen molar-refractivity contribution < 1.29 is 0 Å². The molecule has 0 spiro atoms. The molecule has 0 aliphatic carbocycles. The third-order valence-corrected chi connectivity index (χ3v) is 4.73. The number of fused-ring (bicyclic) bond motifs is 1. The van der Waals surface area contributed by atoms with Gasteiger partial charge in [0.1, 0.15) is 5.65 Å². The van der Waals surface area contributed by atoms with Crippen molar-refractivity contribution in [2.45, 2.75) is 13.5 Å². The van der Waals surface area contributed by atoms with Gasteiger partial charge in [-0.05, 0) is 18.6 Å². The van der Waals surface area contributed by atoms with E-state index in [1.165, 1.54) is 10.2 Å². The highest BCUT2D eigenvalue weighted by molar-refractivity contribution is 5.43. The number of nitrogens with zero attached hydrogens (tertiary/aromatic N) is 6. The molecule has 1 saturated heterocycles. The lowest BCUT2D eigenvalue weighted by atomic mass is 10.2. The van der Waals surface area contributed by atoms with Gasteiger partial charge in [-0.2, -0.15) is 5.10 Å². The summed E-state index contributed by atoms with van der Waals surface area (Å²) in [6.07, 6.45) is 5.98. The molecule has 0 radical (unpaired) electrons. The minimum atomic E-state index is -0.0695. The third kappa shape index (κ3) is 3.28. The first-order chi connectivity index (χ1) is 12.1. The van der Waals surface area contributed by atoms with Crippen LogP contribution in [0.4, 0.5) is 5.69 Å². The zero-order valence-electron chi connectivity index (χ0n) is 14.6. The van der Waals surface area contributed by atoms with Crippen LogP contribution in [0.2, 0.25) is 0 Å². The summed E-state index contributed by atoms with van der Waals surface area (Å²) in [5, 5.41) is 4.11. The molecule has 1 aliphatic heterocycles. The molecule has 4 heterocycles. The van der Waals surface area contributed by atoms with E-state index < -0.39 is 0 Å². The van der Waals surface area contributed by atoms with Gasteiger partial charge < -0.3 is 9.30 Å². The number of aromatic nitrogens is 4. The number of imidazole rings is 1. The van der Waals surface area contributed by atoms with Gasteiger partial charge in [0.25, 0.3) is 5.56 Å². The zero-order chi connectivity index (χ0) is 17.4. The summed E-state index contributed by atoms with van der Waals surface area (Å²) >= 11 is 0. The molecule has 7 heteroatoms. The molecule has 0 N–H and O–H groups in total. The number of aryl methyl sites for hydroxylation is 2. The minimum Gasteiger partial charge on any atom is -0.368 e. The SMILES string of the molecule is Cc1ccc2nc(CN3CCN(c4cnn(C)c(=O)c4)CC3)cn2c1. The van der Waals surface area contributed by atoms with Gasteiger partial charge in [-0.25, -0.2) is 9.67 Å².